The molecule has 0 atom stereocenters. The smallest absolute Gasteiger partial charge is 0.323 e. The van der Waals surface area contributed by atoms with E-state index in [0.29, 0.717) is 35.4 Å². The van der Waals surface area contributed by atoms with E-state index in [2.05, 4.69) is 36.4 Å². The van der Waals surface area contributed by atoms with E-state index in [9.17, 15) is 18.0 Å². The van der Waals surface area contributed by atoms with Gasteiger partial charge in [-0.05, 0) is 64.9 Å². The summed E-state index contributed by atoms with van der Waals surface area (Å²) in [5.41, 5.74) is 2.69. The standard InChI is InChI=1S/C23H23N5O4S2/c29-22(28-10-8-27(9-11-28)14-16-7-12-33-15-16)17-1-3-18(4-2-17)26-34(31,32)19-5-6-20-21(13-19)25-23(30)24-20/h1-7,12-13,15,26H,8-11,14H2,(H2,24,25,30). The summed E-state index contributed by atoms with van der Waals surface area (Å²) in [5, 5.41) is 4.22. The van der Waals surface area contributed by atoms with Crippen molar-refractivity contribution in [3.63, 3.8) is 0 Å². The Morgan fingerprint density at radius 2 is 1.71 bits per heavy atom. The maximum atomic E-state index is 12.9. The lowest BCUT2D eigenvalue weighted by molar-refractivity contribution is 0.0628. The number of fused-ring (bicyclic) bond motifs is 1. The SMILES string of the molecule is O=C(c1ccc(NS(=O)(=O)c2ccc3[nH]c(=O)[nH]c3c2)cc1)N1CCN(Cc2ccsc2)CC1. The van der Waals surface area contributed by atoms with Crippen LogP contribution >= 0.6 is 11.3 Å². The van der Waals surface area contributed by atoms with Crippen LogP contribution in [-0.4, -0.2) is 60.3 Å². The van der Waals surface area contributed by atoms with Gasteiger partial charge in [-0.1, -0.05) is 0 Å². The van der Waals surface area contributed by atoms with Crippen LogP contribution in [0.4, 0.5) is 5.69 Å². The highest BCUT2D eigenvalue weighted by Crippen LogP contribution is 2.20. The molecule has 0 radical (unpaired) electrons. The van der Waals surface area contributed by atoms with E-state index in [-0.39, 0.29) is 10.8 Å². The predicted octanol–water partition coefficient (Wildman–Crippen LogP) is 2.68. The number of aromatic amines is 2. The van der Waals surface area contributed by atoms with Crippen molar-refractivity contribution in [3.05, 3.63) is 80.9 Å². The minimum absolute atomic E-state index is 0.0238. The molecule has 0 unspecified atom stereocenters. The van der Waals surface area contributed by atoms with Gasteiger partial charge in [-0.15, -0.1) is 0 Å². The van der Waals surface area contributed by atoms with Crippen LogP contribution in [-0.2, 0) is 16.6 Å². The highest BCUT2D eigenvalue weighted by atomic mass is 32.2. The van der Waals surface area contributed by atoms with Gasteiger partial charge in [-0.3, -0.25) is 14.4 Å². The second kappa shape index (κ2) is 9.09. The van der Waals surface area contributed by atoms with Gasteiger partial charge in [-0.25, -0.2) is 13.2 Å². The van der Waals surface area contributed by atoms with Gasteiger partial charge < -0.3 is 14.9 Å². The molecule has 4 aromatic rings. The lowest BCUT2D eigenvalue weighted by Gasteiger charge is -2.34. The van der Waals surface area contributed by atoms with Crippen molar-refractivity contribution in [1.82, 2.24) is 19.8 Å². The maximum absolute atomic E-state index is 12.9. The Hall–Kier alpha value is -3.41. The fourth-order valence-electron chi connectivity index (χ4n) is 4.01. The fraction of sp³-hybridized carbons (Fsp3) is 0.217. The molecule has 1 aliphatic rings. The van der Waals surface area contributed by atoms with Gasteiger partial charge >= 0.3 is 5.69 Å². The van der Waals surface area contributed by atoms with Crippen molar-refractivity contribution >= 4 is 44.0 Å². The third-order valence-corrected chi connectivity index (χ3v) is 7.94. The Morgan fingerprint density at radius 3 is 2.41 bits per heavy atom. The molecule has 176 valence electrons. The fourth-order valence-corrected chi connectivity index (χ4v) is 5.75. The largest absolute Gasteiger partial charge is 0.336 e. The van der Waals surface area contributed by atoms with Crippen LogP contribution in [0.25, 0.3) is 11.0 Å². The highest BCUT2D eigenvalue weighted by Gasteiger charge is 2.22. The molecular formula is C23H23N5O4S2. The number of thiophene rings is 1. The van der Waals surface area contributed by atoms with Gasteiger partial charge in [0.15, 0.2) is 0 Å². The topological polar surface area (TPSA) is 118 Å². The first-order valence-electron chi connectivity index (χ1n) is 10.7. The van der Waals surface area contributed by atoms with Crippen molar-refractivity contribution in [2.45, 2.75) is 11.4 Å². The Labute approximate surface area is 200 Å². The zero-order valence-electron chi connectivity index (χ0n) is 18.2. The molecule has 5 rings (SSSR count). The molecule has 0 bridgehead atoms. The zero-order valence-corrected chi connectivity index (χ0v) is 19.8. The number of aromatic nitrogens is 2. The summed E-state index contributed by atoms with van der Waals surface area (Å²) in [7, 11) is -3.86. The van der Waals surface area contributed by atoms with E-state index in [1.807, 2.05) is 4.90 Å². The normalized spacial score (nSPS) is 15.0. The summed E-state index contributed by atoms with van der Waals surface area (Å²) in [6.07, 6.45) is 0. The number of hydrogen-bond acceptors (Lipinski definition) is 6. The Bertz CT molecular complexity index is 1470. The summed E-state index contributed by atoms with van der Waals surface area (Å²) in [6, 6.07) is 12.9. The first-order valence-corrected chi connectivity index (χ1v) is 13.2. The van der Waals surface area contributed by atoms with Gasteiger partial charge in [-0.2, -0.15) is 11.3 Å². The number of imidazole rings is 1. The molecular weight excluding hydrogens is 474 g/mol. The van der Waals surface area contributed by atoms with E-state index in [1.165, 1.54) is 23.8 Å². The lowest BCUT2D eigenvalue weighted by Crippen LogP contribution is -2.48. The van der Waals surface area contributed by atoms with E-state index < -0.39 is 15.7 Å². The number of anilines is 1. The summed E-state index contributed by atoms with van der Waals surface area (Å²) in [4.78, 5) is 33.6. The van der Waals surface area contributed by atoms with E-state index in [1.54, 1.807) is 35.6 Å². The number of nitrogens with zero attached hydrogens (tertiary/aromatic N) is 2. The average molecular weight is 498 g/mol. The van der Waals surface area contributed by atoms with Gasteiger partial charge in [0, 0.05) is 44.0 Å². The van der Waals surface area contributed by atoms with E-state index in [4.69, 9.17) is 0 Å². The van der Waals surface area contributed by atoms with Crippen molar-refractivity contribution < 1.29 is 13.2 Å². The van der Waals surface area contributed by atoms with Crippen LogP contribution < -0.4 is 10.4 Å². The third kappa shape index (κ3) is 4.76. The molecule has 34 heavy (non-hydrogen) atoms. The molecule has 1 saturated heterocycles. The number of amides is 1. The van der Waals surface area contributed by atoms with Crippen LogP contribution in [0.5, 0.6) is 0 Å². The molecule has 1 fully saturated rings. The van der Waals surface area contributed by atoms with Crippen LogP contribution in [0.2, 0.25) is 0 Å². The number of carbonyl (C=O) groups excluding carboxylic acids is 1. The molecule has 2 aromatic heterocycles. The van der Waals surface area contributed by atoms with Crippen molar-refractivity contribution in [2.75, 3.05) is 30.9 Å². The number of H-pyrrole nitrogens is 2. The van der Waals surface area contributed by atoms with Gasteiger partial charge in [0.2, 0.25) is 0 Å². The van der Waals surface area contributed by atoms with Crippen molar-refractivity contribution in [2.24, 2.45) is 0 Å². The van der Waals surface area contributed by atoms with Crippen LogP contribution in [0.15, 0.2) is 69.0 Å². The second-order valence-electron chi connectivity index (χ2n) is 8.17. The van der Waals surface area contributed by atoms with E-state index >= 15 is 0 Å². The Kier molecular flexibility index (Phi) is 5.98. The van der Waals surface area contributed by atoms with Crippen LogP contribution in [0, 0.1) is 0 Å². The summed E-state index contributed by atoms with van der Waals surface area (Å²) in [5.74, 6) is -0.0635. The lowest BCUT2D eigenvalue weighted by atomic mass is 10.1. The van der Waals surface area contributed by atoms with Crippen molar-refractivity contribution in [3.8, 4) is 0 Å². The summed E-state index contributed by atoms with van der Waals surface area (Å²) in [6.45, 7) is 3.84. The van der Waals surface area contributed by atoms with Crippen LogP contribution in [0.1, 0.15) is 15.9 Å². The van der Waals surface area contributed by atoms with Crippen molar-refractivity contribution in [1.29, 1.82) is 0 Å². The molecule has 1 amide bonds. The number of nitrogens with one attached hydrogen (secondary N) is 3. The average Bonchev–Trinajstić information content (AvgIpc) is 3.47. The zero-order chi connectivity index (χ0) is 23.7. The molecule has 0 saturated carbocycles. The number of piperazine rings is 1. The van der Waals surface area contributed by atoms with Gasteiger partial charge in [0.25, 0.3) is 15.9 Å². The number of sulfonamides is 1. The Morgan fingerprint density at radius 1 is 0.971 bits per heavy atom. The summed E-state index contributed by atoms with van der Waals surface area (Å²) < 4.78 is 28.1. The number of benzene rings is 2. The first kappa shape index (κ1) is 22.4. The molecule has 3 N–H and O–H groups in total. The molecule has 0 spiro atoms. The third-order valence-electron chi connectivity index (χ3n) is 5.83. The summed E-state index contributed by atoms with van der Waals surface area (Å²) >= 11 is 1.69. The van der Waals surface area contributed by atoms with Gasteiger partial charge in [0.05, 0.1) is 15.9 Å². The Balaban J connectivity index is 1.21. The molecule has 3 heterocycles. The van der Waals surface area contributed by atoms with Gasteiger partial charge in [0.1, 0.15) is 0 Å². The number of hydrogen-bond donors (Lipinski definition) is 3. The molecule has 2 aromatic carbocycles. The molecule has 0 aliphatic carbocycles. The monoisotopic (exact) mass is 497 g/mol. The predicted molar refractivity (Wildman–Crippen MR) is 132 cm³/mol. The number of carbonyl (C=O) groups is 1. The second-order valence-corrected chi connectivity index (χ2v) is 10.6. The maximum Gasteiger partial charge on any atom is 0.323 e. The minimum atomic E-state index is -3.86. The first-order chi connectivity index (χ1) is 16.4. The highest BCUT2D eigenvalue weighted by molar-refractivity contribution is 7.92. The minimum Gasteiger partial charge on any atom is -0.336 e. The number of rotatable bonds is 6. The molecule has 9 nitrogen and oxygen atoms in total. The quantitative estimate of drug-likeness (QED) is 0.379. The van der Waals surface area contributed by atoms with Crippen LogP contribution in [0.3, 0.4) is 0 Å². The van der Waals surface area contributed by atoms with E-state index in [0.717, 1.165) is 19.6 Å². The molecule has 11 heteroatoms. The molecule has 1 aliphatic heterocycles.